The van der Waals surface area contributed by atoms with Gasteiger partial charge in [-0.1, -0.05) is 0 Å². The first-order valence-electron chi connectivity index (χ1n) is 3.44. The molecular formula is C6H13BN2. The molecule has 0 amide bonds. The van der Waals surface area contributed by atoms with E-state index in [4.69, 9.17) is 7.85 Å². The van der Waals surface area contributed by atoms with E-state index in [9.17, 15) is 0 Å². The van der Waals surface area contributed by atoms with Gasteiger partial charge in [-0.2, -0.15) is 0 Å². The summed E-state index contributed by atoms with van der Waals surface area (Å²) >= 11 is 0. The summed E-state index contributed by atoms with van der Waals surface area (Å²) in [5, 5.41) is 0. The van der Waals surface area contributed by atoms with Crippen molar-refractivity contribution in [2.45, 2.75) is 0 Å². The van der Waals surface area contributed by atoms with E-state index >= 15 is 0 Å². The van der Waals surface area contributed by atoms with E-state index in [2.05, 4.69) is 16.8 Å². The van der Waals surface area contributed by atoms with Gasteiger partial charge in [-0.05, 0) is 13.5 Å². The molecule has 0 aromatic rings. The summed E-state index contributed by atoms with van der Waals surface area (Å²) in [4.78, 5) is 4.59. The van der Waals surface area contributed by atoms with Crippen LogP contribution in [0.3, 0.4) is 0 Å². The molecule has 1 rings (SSSR count). The third-order valence-corrected chi connectivity index (χ3v) is 1.85. The molecule has 0 unspecified atom stereocenters. The van der Waals surface area contributed by atoms with Gasteiger partial charge in [0.25, 0.3) is 0 Å². The fourth-order valence-electron chi connectivity index (χ4n) is 1.03. The normalized spacial score (nSPS) is 24.6. The molecule has 0 atom stereocenters. The highest BCUT2D eigenvalue weighted by Crippen LogP contribution is 1.95. The van der Waals surface area contributed by atoms with E-state index in [0.717, 1.165) is 26.2 Å². The van der Waals surface area contributed by atoms with Gasteiger partial charge in [0.05, 0.1) is 7.85 Å². The van der Waals surface area contributed by atoms with Crippen molar-refractivity contribution in [2.24, 2.45) is 0 Å². The summed E-state index contributed by atoms with van der Waals surface area (Å²) < 4.78 is 0. The van der Waals surface area contributed by atoms with Crippen LogP contribution in [0.2, 0.25) is 0 Å². The maximum atomic E-state index is 5.46. The lowest BCUT2D eigenvalue weighted by Crippen LogP contribution is -2.44. The average Bonchev–Trinajstić information content (AvgIpc) is 1.90. The first-order valence-corrected chi connectivity index (χ1v) is 3.44. The molecular weight excluding hydrogens is 111 g/mol. The lowest BCUT2D eigenvalue weighted by atomic mass is 10.1. The summed E-state index contributed by atoms with van der Waals surface area (Å²) in [6.07, 6.45) is 0.716. The summed E-state index contributed by atoms with van der Waals surface area (Å²) in [6.45, 7) is 4.59. The highest BCUT2D eigenvalue weighted by molar-refractivity contribution is 6.08. The number of hydrogen-bond donors (Lipinski definition) is 0. The minimum absolute atomic E-state index is 0.716. The maximum Gasteiger partial charge on any atom is 0.0863 e. The zero-order valence-corrected chi connectivity index (χ0v) is 6.01. The van der Waals surface area contributed by atoms with Crippen molar-refractivity contribution in [3.63, 3.8) is 0 Å². The summed E-state index contributed by atoms with van der Waals surface area (Å²) in [7, 11) is 7.60. The van der Waals surface area contributed by atoms with Crippen LogP contribution in [0.4, 0.5) is 0 Å². The predicted molar refractivity (Wildman–Crippen MR) is 39.7 cm³/mol. The fourth-order valence-corrected chi connectivity index (χ4v) is 1.03. The largest absolute Gasteiger partial charge is 0.310 e. The molecule has 0 aliphatic carbocycles. The third-order valence-electron chi connectivity index (χ3n) is 1.85. The highest BCUT2D eigenvalue weighted by Gasteiger charge is 2.10. The Bertz CT molecular complexity index is 79.1. The molecule has 2 radical (unpaired) electrons. The average molecular weight is 124 g/mol. The standard InChI is InChI=1S/C6H13BN2/c1-8-2-4-9(6-7)5-3-8/h2-6H2,1H3. The molecule has 0 bridgehead atoms. The molecule has 0 saturated carbocycles. The lowest BCUT2D eigenvalue weighted by molar-refractivity contribution is 0.173. The molecule has 3 heteroatoms. The Morgan fingerprint density at radius 3 is 2.22 bits per heavy atom. The number of piperazine rings is 1. The van der Waals surface area contributed by atoms with Crippen LogP contribution in [0.15, 0.2) is 0 Å². The molecule has 0 aromatic heterocycles. The Morgan fingerprint density at radius 1 is 1.22 bits per heavy atom. The minimum atomic E-state index is 0.716. The van der Waals surface area contributed by atoms with E-state index in [-0.39, 0.29) is 0 Å². The zero-order valence-electron chi connectivity index (χ0n) is 6.01. The quantitative estimate of drug-likeness (QED) is 0.429. The van der Waals surface area contributed by atoms with Crippen LogP contribution in [-0.2, 0) is 0 Å². The SMILES string of the molecule is [B]CN1CCN(C)CC1. The monoisotopic (exact) mass is 124 g/mol. The van der Waals surface area contributed by atoms with Crippen molar-refractivity contribution in [3.05, 3.63) is 0 Å². The van der Waals surface area contributed by atoms with Crippen LogP contribution in [-0.4, -0.2) is 57.3 Å². The van der Waals surface area contributed by atoms with Gasteiger partial charge in [-0.25, -0.2) is 0 Å². The second kappa shape index (κ2) is 3.23. The van der Waals surface area contributed by atoms with Crippen molar-refractivity contribution in [3.8, 4) is 0 Å². The van der Waals surface area contributed by atoms with Crippen molar-refractivity contribution < 1.29 is 0 Å². The molecule has 0 aromatic carbocycles. The first kappa shape index (κ1) is 7.10. The van der Waals surface area contributed by atoms with Gasteiger partial charge < -0.3 is 9.80 Å². The van der Waals surface area contributed by atoms with E-state index < -0.39 is 0 Å². The van der Waals surface area contributed by atoms with Gasteiger partial charge in [-0.15, -0.1) is 0 Å². The van der Waals surface area contributed by atoms with Crippen molar-refractivity contribution in [1.29, 1.82) is 0 Å². The minimum Gasteiger partial charge on any atom is -0.310 e. The van der Waals surface area contributed by atoms with Crippen molar-refractivity contribution in [1.82, 2.24) is 9.80 Å². The number of hydrogen-bond acceptors (Lipinski definition) is 2. The molecule has 50 valence electrons. The van der Waals surface area contributed by atoms with Crippen LogP contribution < -0.4 is 0 Å². The van der Waals surface area contributed by atoms with E-state index in [0.29, 0.717) is 6.44 Å². The van der Waals surface area contributed by atoms with E-state index in [1.165, 1.54) is 0 Å². The van der Waals surface area contributed by atoms with Crippen LogP contribution in [0.1, 0.15) is 0 Å². The van der Waals surface area contributed by atoms with Crippen LogP contribution >= 0.6 is 0 Å². The first-order chi connectivity index (χ1) is 4.33. The molecule has 1 aliphatic heterocycles. The molecule has 9 heavy (non-hydrogen) atoms. The molecule has 0 N–H and O–H groups in total. The topological polar surface area (TPSA) is 6.48 Å². The summed E-state index contributed by atoms with van der Waals surface area (Å²) in [6, 6.07) is 0. The number of likely N-dealkylation sites (N-methyl/N-ethyl adjacent to an activating group) is 1. The van der Waals surface area contributed by atoms with Gasteiger partial charge in [0.1, 0.15) is 0 Å². The van der Waals surface area contributed by atoms with E-state index in [1.807, 2.05) is 0 Å². The van der Waals surface area contributed by atoms with Gasteiger partial charge >= 0.3 is 0 Å². The van der Waals surface area contributed by atoms with Gasteiger partial charge in [0.2, 0.25) is 0 Å². The molecule has 1 heterocycles. The maximum absolute atomic E-state index is 5.46. The number of rotatable bonds is 1. The summed E-state index contributed by atoms with van der Waals surface area (Å²) in [5.41, 5.74) is 0. The summed E-state index contributed by atoms with van der Waals surface area (Å²) in [5.74, 6) is 0. The Labute approximate surface area is 58.2 Å². The molecule has 1 saturated heterocycles. The van der Waals surface area contributed by atoms with Crippen molar-refractivity contribution in [2.75, 3.05) is 39.7 Å². The molecule has 1 aliphatic rings. The Kier molecular flexibility index (Phi) is 2.55. The number of nitrogens with zero attached hydrogens (tertiary/aromatic N) is 2. The van der Waals surface area contributed by atoms with Crippen molar-refractivity contribution >= 4 is 7.85 Å². The third kappa shape index (κ3) is 1.99. The molecule has 2 nitrogen and oxygen atoms in total. The smallest absolute Gasteiger partial charge is 0.0863 e. The van der Waals surface area contributed by atoms with Gasteiger partial charge in [0, 0.05) is 26.2 Å². The Hall–Kier alpha value is -0.0151. The predicted octanol–water partition coefficient (Wildman–Crippen LogP) is -0.640. The second-order valence-corrected chi connectivity index (χ2v) is 2.60. The van der Waals surface area contributed by atoms with Gasteiger partial charge in [-0.3, -0.25) is 0 Å². The Balaban J connectivity index is 2.18. The highest BCUT2D eigenvalue weighted by atomic mass is 15.2. The Morgan fingerprint density at radius 2 is 1.78 bits per heavy atom. The molecule has 1 fully saturated rings. The van der Waals surface area contributed by atoms with E-state index in [1.54, 1.807) is 0 Å². The fraction of sp³-hybridized carbons (Fsp3) is 1.00. The molecule has 0 spiro atoms. The zero-order chi connectivity index (χ0) is 6.69. The second-order valence-electron chi connectivity index (χ2n) is 2.60. The van der Waals surface area contributed by atoms with Crippen LogP contribution in [0.25, 0.3) is 0 Å². The van der Waals surface area contributed by atoms with Crippen LogP contribution in [0, 0.1) is 0 Å². The lowest BCUT2D eigenvalue weighted by Gasteiger charge is -2.31. The van der Waals surface area contributed by atoms with Gasteiger partial charge in [0.15, 0.2) is 0 Å². The van der Waals surface area contributed by atoms with Crippen LogP contribution in [0.5, 0.6) is 0 Å².